The van der Waals surface area contributed by atoms with E-state index in [9.17, 15) is 4.79 Å². The first-order valence-electron chi connectivity index (χ1n) is 5.68. The first kappa shape index (κ1) is 14.4. The molecule has 0 atom stereocenters. The van der Waals surface area contributed by atoms with Gasteiger partial charge in [0, 0.05) is 17.3 Å². The van der Waals surface area contributed by atoms with Crippen molar-refractivity contribution >= 4 is 35.3 Å². The summed E-state index contributed by atoms with van der Waals surface area (Å²) in [5.41, 5.74) is 3.12. The Bertz CT molecular complexity index is 612. The molecular formula is C13H11Cl2N3O2. The summed E-state index contributed by atoms with van der Waals surface area (Å²) in [6.07, 6.45) is 3.25. The predicted molar refractivity (Wildman–Crippen MR) is 78.5 cm³/mol. The normalized spacial score (nSPS) is 10.7. The molecule has 7 heteroatoms. The fourth-order valence-electron chi connectivity index (χ4n) is 1.36. The molecule has 0 bridgehead atoms. The van der Waals surface area contributed by atoms with Gasteiger partial charge in [-0.2, -0.15) is 5.10 Å². The average Bonchev–Trinajstić information content (AvgIpc) is 2.93. The second-order valence-electron chi connectivity index (χ2n) is 3.78. The van der Waals surface area contributed by atoms with Crippen molar-refractivity contribution < 1.29 is 9.53 Å². The first-order chi connectivity index (χ1) is 9.65. The standard InChI is InChI=1S/C13H11Cl2N3O2/c14-9-3-4-11(15)12(6-9)20-8-13(19)18-17-7-10-2-1-5-16-10/h1-7,16H,8H2,(H,18,19)/b17-7+. The fourth-order valence-corrected chi connectivity index (χ4v) is 1.70. The molecule has 0 aliphatic heterocycles. The van der Waals surface area contributed by atoms with E-state index >= 15 is 0 Å². The number of carbonyl (C=O) groups excluding carboxylic acids is 1. The Hall–Kier alpha value is -1.98. The quantitative estimate of drug-likeness (QED) is 0.658. The number of amides is 1. The molecule has 2 rings (SSSR count). The summed E-state index contributed by atoms with van der Waals surface area (Å²) in [5.74, 6) is -0.0495. The number of nitrogens with one attached hydrogen (secondary N) is 2. The lowest BCUT2D eigenvalue weighted by molar-refractivity contribution is -0.123. The molecule has 0 unspecified atom stereocenters. The second kappa shape index (κ2) is 6.98. The average molecular weight is 312 g/mol. The lowest BCUT2D eigenvalue weighted by Gasteiger charge is -2.07. The highest BCUT2D eigenvalue weighted by atomic mass is 35.5. The van der Waals surface area contributed by atoms with Crippen LogP contribution in [0.5, 0.6) is 5.75 Å². The molecule has 0 spiro atoms. The Morgan fingerprint density at radius 2 is 2.25 bits per heavy atom. The number of H-pyrrole nitrogens is 1. The lowest BCUT2D eigenvalue weighted by atomic mass is 10.3. The van der Waals surface area contributed by atoms with E-state index in [1.54, 1.807) is 24.4 Å². The van der Waals surface area contributed by atoms with E-state index in [0.29, 0.717) is 15.8 Å². The summed E-state index contributed by atoms with van der Waals surface area (Å²) in [6, 6.07) is 8.42. The third kappa shape index (κ3) is 4.29. The zero-order valence-corrected chi connectivity index (χ0v) is 11.8. The van der Waals surface area contributed by atoms with E-state index in [-0.39, 0.29) is 6.61 Å². The van der Waals surface area contributed by atoms with Crippen molar-refractivity contribution in [3.05, 3.63) is 52.3 Å². The van der Waals surface area contributed by atoms with E-state index in [0.717, 1.165) is 5.69 Å². The molecule has 0 aliphatic rings. The Kier molecular flexibility index (Phi) is 5.03. The number of nitrogens with zero attached hydrogens (tertiary/aromatic N) is 1. The number of halogens is 2. The van der Waals surface area contributed by atoms with Crippen molar-refractivity contribution in [2.75, 3.05) is 6.61 Å². The summed E-state index contributed by atoms with van der Waals surface area (Å²) < 4.78 is 5.26. The highest BCUT2D eigenvalue weighted by Gasteiger charge is 2.05. The minimum atomic E-state index is -0.399. The molecule has 1 amide bonds. The first-order valence-corrected chi connectivity index (χ1v) is 6.44. The number of aromatic nitrogens is 1. The van der Waals surface area contributed by atoms with E-state index < -0.39 is 5.91 Å². The van der Waals surface area contributed by atoms with Gasteiger partial charge in [0.15, 0.2) is 6.61 Å². The molecule has 1 aromatic heterocycles. The number of rotatable bonds is 5. The third-order valence-corrected chi connectivity index (χ3v) is 2.81. The van der Waals surface area contributed by atoms with Crippen LogP contribution in [-0.4, -0.2) is 23.7 Å². The van der Waals surface area contributed by atoms with Gasteiger partial charge in [-0.15, -0.1) is 0 Å². The van der Waals surface area contributed by atoms with E-state index in [1.807, 2.05) is 12.1 Å². The van der Waals surface area contributed by atoms with Gasteiger partial charge in [0.25, 0.3) is 5.91 Å². The van der Waals surface area contributed by atoms with Gasteiger partial charge in [-0.25, -0.2) is 5.43 Å². The molecule has 2 N–H and O–H groups in total. The summed E-state index contributed by atoms with van der Waals surface area (Å²) in [4.78, 5) is 14.4. The largest absolute Gasteiger partial charge is 0.482 e. The van der Waals surface area contributed by atoms with Crippen LogP contribution in [0.1, 0.15) is 5.69 Å². The van der Waals surface area contributed by atoms with Gasteiger partial charge < -0.3 is 9.72 Å². The molecule has 0 aliphatic carbocycles. The molecule has 1 aromatic carbocycles. The Balaban J connectivity index is 1.82. The van der Waals surface area contributed by atoms with Crippen LogP contribution in [0.2, 0.25) is 10.0 Å². The maximum Gasteiger partial charge on any atom is 0.277 e. The van der Waals surface area contributed by atoms with Crippen molar-refractivity contribution in [3.63, 3.8) is 0 Å². The second-order valence-corrected chi connectivity index (χ2v) is 4.63. The van der Waals surface area contributed by atoms with E-state index in [1.165, 1.54) is 6.21 Å². The van der Waals surface area contributed by atoms with Crippen LogP contribution in [0, 0.1) is 0 Å². The SMILES string of the molecule is O=C(COc1cc(Cl)ccc1Cl)N/N=C/c1ccc[nH]1. The van der Waals surface area contributed by atoms with Crippen molar-refractivity contribution in [3.8, 4) is 5.75 Å². The van der Waals surface area contributed by atoms with Crippen LogP contribution in [0.15, 0.2) is 41.6 Å². The Labute approximate surface area is 125 Å². The molecule has 5 nitrogen and oxygen atoms in total. The van der Waals surface area contributed by atoms with Gasteiger partial charge in [-0.05, 0) is 24.3 Å². The summed E-state index contributed by atoms with van der Waals surface area (Å²) in [5, 5.41) is 4.64. The zero-order chi connectivity index (χ0) is 14.4. The highest BCUT2D eigenvalue weighted by molar-refractivity contribution is 6.34. The van der Waals surface area contributed by atoms with Gasteiger partial charge in [-0.3, -0.25) is 4.79 Å². The minimum absolute atomic E-state index is 0.206. The fraction of sp³-hybridized carbons (Fsp3) is 0.0769. The van der Waals surface area contributed by atoms with Gasteiger partial charge in [-0.1, -0.05) is 23.2 Å². The number of aromatic amines is 1. The molecular weight excluding hydrogens is 301 g/mol. The maximum atomic E-state index is 11.5. The number of benzene rings is 1. The molecule has 1 heterocycles. The smallest absolute Gasteiger partial charge is 0.277 e. The molecule has 104 valence electrons. The van der Waals surface area contributed by atoms with Gasteiger partial charge >= 0.3 is 0 Å². The Morgan fingerprint density at radius 3 is 3.00 bits per heavy atom. The van der Waals surface area contributed by atoms with Crippen molar-refractivity contribution in [2.24, 2.45) is 5.10 Å². The maximum absolute atomic E-state index is 11.5. The van der Waals surface area contributed by atoms with Crippen molar-refractivity contribution in [2.45, 2.75) is 0 Å². The lowest BCUT2D eigenvalue weighted by Crippen LogP contribution is -2.24. The van der Waals surface area contributed by atoms with Crippen molar-refractivity contribution in [1.29, 1.82) is 0 Å². The summed E-state index contributed by atoms with van der Waals surface area (Å²) in [6.45, 7) is -0.206. The molecule has 2 aromatic rings. The minimum Gasteiger partial charge on any atom is -0.482 e. The number of hydrogen-bond acceptors (Lipinski definition) is 3. The van der Waals surface area contributed by atoms with Crippen LogP contribution in [0.25, 0.3) is 0 Å². The van der Waals surface area contributed by atoms with Crippen LogP contribution in [-0.2, 0) is 4.79 Å². The summed E-state index contributed by atoms with van der Waals surface area (Å²) >= 11 is 11.7. The van der Waals surface area contributed by atoms with Crippen LogP contribution in [0.4, 0.5) is 0 Å². The number of hydrazone groups is 1. The third-order valence-electron chi connectivity index (χ3n) is 2.27. The topological polar surface area (TPSA) is 66.5 Å². The number of hydrogen-bond donors (Lipinski definition) is 2. The van der Waals surface area contributed by atoms with Gasteiger partial charge in [0.1, 0.15) is 5.75 Å². The Morgan fingerprint density at radius 1 is 1.40 bits per heavy atom. The number of ether oxygens (including phenoxy) is 1. The molecule has 0 saturated heterocycles. The number of carbonyl (C=O) groups is 1. The predicted octanol–water partition coefficient (Wildman–Crippen LogP) is 2.85. The van der Waals surface area contributed by atoms with Crippen LogP contribution in [0.3, 0.4) is 0 Å². The monoisotopic (exact) mass is 311 g/mol. The molecule has 20 heavy (non-hydrogen) atoms. The molecule has 0 fully saturated rings. The van der Waals surface area contributed by atoms with Gasteiger partial charge in [0.05, 0.1) is 16.9 Å². The van der Waals surface area contributed by atoms with Crippen LogP contribution < -0.4 is 10.2 Å². The van der Waals surface area contributed by atoms with E-state index in [4.69, 9.17) is 27.9 Å². The van der Waals surface area contributed by atoms with E-state index in [2.05, 4.69) is 15.5 Å². The molecule has 0 radical (unpaired) electrons. The molecule has 0 saturated carbocycles. The van der Waals surface area contributed by atoms with Crippen LogP contribution >= 0.6 is 23.2 Å². The highest BCUT2D eigenvalue weighted by Crippen LogP contribution is 2.27. The van der Waals surface area contributed by atoms with Gasteiger partial charge in [0.2, 0.25) is 0 Å². The summed E-state index contributed by atoms with van der Waals surface area (Å²) in [7, 11) is 0. The zero-order valence-electron chi connectivity index (χ0n) is 10.3. The van der Waals surface area contributed by atoms with Crippen molar-refractivity contribution in [1.82, 2.24) is 10.4 Å².